The Balaban J connectivity index is 1.54. The number of aromatic nitrogens is 3. The van der Waals surface area contributed by atoms with Crippen LogP contribution in [0.2, 0.25) is 0 Å². The van der Waals surface area contributed by atoms with Crippen LogP contribution in [0.1, 0.15) is 20.8 Å². The Morgan fingerprint density at radius 2 is 1.66 bits per heavy atom. The van der Waals surface area contributed by atoms with Gasteiger partial charge < -0.3 is 4.74 Å². The molecule has 0 aliphatic heterocycles. The van der Waals surface area contributed by atoms with Crippen LogP contribution in [-0.4, -0.2) is 26.3 Å². The lowest BCUT2D eigenvalue weighted by Crippen LogP contribution is -2.26. The molecule has 5 nitrogen and oxygen atoms in total. The van der Waals surface area contributed by atoms with Gasteiger partial charge in [0.2, 0.25) is 0 Å². The molecule has 146 valence electrons. The van der Waals surface area contributed by atoms with Gasteiger partial charge >= 0.3 is 5.97 Å². The third-order valence-corrected chi connectivity index (χ3v) is 4.54. The van der Waals surface area contributed by atoms with Crippen molar-refractivity contribution in [3.8, 4) is 22.3 Å². The van der Waals surface area contributed by atoms with Gasteiger partial charge in [0.05, 0.1) is 6.20 Å². The van der Waals surface area contributed by atoms with Crippen LogP contribution in [0.4, 0.5) is 0 Å². The Bertz CT molecular complexity index is 1150. The molecule has 29 heavy (non-hydrogen) atoms. The van der Waals surface area contributed by atoms with Gasteiger partial charge in [0, 0.05) is 35.1 Å². The summed E-state index contributed by atoms with van der Waals surface area (Å²) in [5.41, 5.74) is 3.71. The SMILES string of the molecule is CC(C)(C)OC(=O)Cn1cc(-c2ccc(-c3cncc4ccccc34)cc2)cn1. The number of fused-ring (bicyclic) bond motifs is 1. The van der Waals surface area contributed by atoms with Crippen molar-refractivity contribution < 1.29 is 9.53 Å². The Kier molecular flexibility index (Phi) is 4.89. The van der Waals surface area contributed by atoms with E-state index in [2.05, 4.69) is 46.5 Å². The molecular weight excluding hydrogens is 362 g/mol. The van der Waals surface area contributed by atoms with Gasteiger partial charge in [0.1, 0.15) is 12.1 Å². The summed E-state index contributed by atoms with van der Waals surface area (Å²) >= 11 is 0. The molecule has 4 rings (SSSR count). The summed E-state index contributed by atoms with van der Waals surface area (Å²) in [6, 6.07) is 16.5. The van der Waals surface area contributed by atoms with Crippen molar-refractivity contribution >= 4 is 16.7 Å². The van der Waals surface area contributed by atoms with Gasteiger partial charge in [-0.15, -0.1) is 0 Å². The first-order valence-corrected chi connectivity index (χ1v) is 9.57. The van der Waals surface area contributed by atoms with Crippen LogP contribution in [-0.2, 0) is 16.1 Å². The number of nitrogens with zero attached hydrogens (tertiary/aromatic N) is 3. The number of hydrogen-bond donors (Lipinski definition) is 0. The Morgan fingerprint density at radius 3 is 2.41 bits per heavy atom. The summed E-state index contributed by atoms with van der Waals surface area (Å²) in [6.45, 7) is 5.66. The van der Waals surface area contributed by atoms with E-state index in [0.29, 0.717) is 0 Å². The first-order chi connectivity index (χ1) is 13.9. The molecule has 0 unspecified atom stereocenters. The second kappa shape index (κ2) is 7.51. The standard InChI is InChI=1S/C24H23N3O2/c1-24(2,3)29-23(28)16-27-15-20(13-26-27)17-8-10-18(11-9-17)22-14-25-12-19-6-4-5-7-21(19)22/h4-15H,16H2,1-3H3. The van der Waals surface area contributed by atoms with E-state index in [1.54, 1.807) is 10.9 Å². The fraction of sp³-hybridized carbons (Fsp3) is 0.208. The van der Waals surface area contributed by atoms with Crippen molar-refractivity contribution in [3.63, 3.8) is 0 Å². The molecule has 2 aromatic heterocycles. The molecule has 0 saturated carbocycles. The highest BCUT2D eigenvalue weighted by Crippen LogP contribution is 2.29. The Labute approximate surface area is 170 Å². The highest BCUT2D eigenvalue weighted by Gasteiger charge is 2.17. The number of hydrogen-bond acceptors (Lipinski definition) is 4. The summed E-state index contributed by atoms with van der Waals surface area (Å²) in [6.07, 6.45) is 7.40. The lowest BCUT2D eigenvalue weighted by Gasteiger charge is -2.19. The van der Waals surface area contributed by atoms with E-state index < -0.39 is 5.60 Å². The maximum Gasteiger partial charge on any atom is 0.328 e. The smallest absolute Gasteiger partial charge is 0.328 e. The van der Waals surface area contributed by atoms with Gasteiger partial charge in [-0.05, 0) is 37.3 Å². The van der Waals surface area contributed by atoms with Crippen molar-refractivity contribution in [2.75, 3.05) is 0 Å². The van der Waals surface area contributed by atoms with Crippen molar-refractivity contribution in [1.82, 2.24) is 14.8 Å². The van der Waals surface area contributed by atoms with E-state index >= 15 is 0 Å². The predicted molar refractivity (Wildman–Crippen MR) is 114 cm³/mol. The summed E-state index contributed by atoms with van der Waals surface area (Å²) in [7, 11) is 0. The molecule has 0 bridgehead atoms. The monoisotopic (exact) mass is 385 g/mol. The molecule has 0 saturated heterocycles. The number of benzene rings is 2. The van der Waals surface area contributed by atoms with Gasteiger partial charge in [-0.3, -0.25) is 14.5 Å². The highest BCUT2D eigenvalue weighted by molar-refractivity contribution is 5.95. The maximum absolute atomic E-state index is 12.0. The van der Waals surface area contributed by atoms with Gasteiger partial charge in [-0.1, -0.05) is 48.5 Å². The molecular formula is C24H23N3O2. The topological polar surface area (TPSA) is 57.0 Å². The molecule has 0 aliphatic carbocycles. The molecule has 0 spiro atoms. The fourth-order valence-corrected chi connectivity index (χ4v) is 3.29. The molecule has 0 amide bonds. The lowest BCUT2D eigenvalue weighted by atomic mass is 9.99. The maximum atomic E-state index is 12.0. The Hall–Kier alpha value is -3.47. The second-order valence-electron chi connectivity index (χ2n) is 8.00. The number of pyridine rings is 1. The largest absolute Gasteiger partial charge is 0.459 e. The predicted octanol–water partition coefficient (Wildman–Crippen LogP) is 5.11. The summed E-state index contributed by atoms with van der Waals surface area (Å²) < 4.78 is 6.95. The van der Waals surface area contributed by atoms with Crippen molar-refractivity contribution in [2.45, 2.75) is 32.9 Å². The lowest BCUT2D eigenvalue weighted by molar-refractivity contribution is -0.155. The molecule has 4 aromatic rings. The second-order valence-corrected chi connectivity index (χ2v) is 8.00. The van der Waals surface area contributed by atoms with Crippen LogP contribution in [0, 0.1) is 0 Å². The first-order valence-electron chi connectivity index (χ1n) is 9.57. The number of carbonyl (C=O) groups is 1. The van der Waals surface area contributed by atoms with Gasteiger partial charge in [-0.2, -0.15) is 5.10 Å². The van der Waals surface area contributed by atoms with E-state index in [1.807, 2.05) is 51.5 Å². The highest BCUT2D eigenvalue weighted by atomic mass is 16.6. The zero-order valence-electron chi connectivity index (χ0n) is 16.8. The molecule has 0 radical (unpaired) electrons. The van der Waals surface area contributed by atoms with Crippen LogP contribution < -0.4 is 0 Å². The van der Waals surface area contributed by atoms with Gasteiger partial charge in [-0.25, -0.2) is 0 Å². The van der Waals surface area contributed by atoms with E-state index in [9.17, 15) is 4.79 Å². The minimum atomic E-state index is -0.501. The molecule has 0 N–H and O–H groups in total. The van der Waals surface area contributed by atoms with Gasteiger partial charge in [0.15, 0.2) is 0 Å². The number of carbonyl (C=O) groups excluding carboxylic acids is 1. The average molecular weight is 385 g/mol. The Morgan fingerprint density at radius 1 is 0.931 bits per heavy atom. The molecule has 2 heterocycles. The summed E-state index contributed by atoms with van der Waals surface area (Å²) in [5.74, 6) is -0.300. The zero-order valence-corrected chi connectivity index (χ0v) is 16.8. The zero-order chi connectivity index (χ0) is 20.4. The van der Waals surface area contributed by atoms with Crippen molar-refractivity contribution in [3.05, 3.63) is 73.3 Å². The van der Waals surface area contributed by atoms with E-state index in [-0.39, 0.29) is 12.5 Å². The third-order valence-electron chi connectivity index (χ3n) is 4.54. The number of rotatable bonds is 4. The van der Waals surface area contributed by atoms with Crippen LogP contribution >= 0.6 is 0 Å². The quantitative estimate of drug-likeness (QED) is 0.458. The van der Waals surface area contributed by atoms with Crippen LogP contribution in [0.5, 0.6) is 0 Å². The first kappa shape index (κ1) is 18.9. The summed E-state index contributed by atoms with van der Waals surface area (Å²) in [5, 5.41) is 6.59. The van der Waals surface area contributed by atoms with Crippen LogP contribution in [0.15, 0.2) is 73.3 Å². The fourth-order valence-electron chi connectivity index (χ4n) is 3.29. The normalized spacial score (nSPS) is 11.6. The van der Waals surface area contributed by atoms with Crippen LogP contribution in [0.25, 0.3) is 33.0 Å². The van der Waals surface area contributed by atoms with Crippen LogP contribution in [0.3, 0.4) is 0 Å². The number of esters is 1. The summed E-state index contributed by atoms with van der Waals surface area (Å²) in [4.78, 5) is 16.4. The molecule has 2 aromatic carbocycles. The molecule has 0 aliphatic rings. The third kappa shape index (κ3) is 4.35. The van der Waals surface area contributed by atoms with Gasteiger partial charge in [0.25, 0.3) is 0 Å². The van der Waals surface area contributed by atoms with E-state index in [4.69, 9.17) is 4.74 Å². The van der Waals surface area contributed by atoms with Crippen molar-refractivity contribution in [2.24, 2.45) is 0 Å². The van der Waals surface area contributed by atoms with E-state index in [1.165, 1.54) is 5.39 Å². The minimum absolute atomic E-state index is 0.0943. The number of ether oxygens (including phenoxy) is 1. The minimum Gasteiger partial charge on any atom is -0.459 e. The molecule has 0 atom stereocenters. The van der Waals surface area contributed by atoms with E-state index in [0.717, 1.165) is 27.6 Å². The molecule has 5 heteroatoms. The van der Waals surface area contributed by atoms with Crippen molar-refractivity contribution in [1.29, 1.82) is 0 Å². The average Bonchev–Trinajstić information content (AvgIpc) is 3.14. The molecule has 0 fully saturated rings.